The second-order valence-corrected chi connectivity index (χ2v) is 4.25. The Morgan fingerprint density at radius 1 is 1.54 bits per heavy atom. The lowest BCUT2D eigenvalue weighted by Gasteiger charge is -2.20. The van der Waals surface area contributed by atoms with E-state index in [9.17, 15) is 0 Å². The fourth-order valence-corrected chi connectivity index (χ4v) is 1.39. The van der Waals surface area contributed by atoms with Crippen molar-refractivity contribution in [2.45, 2.75) is 45.7 Å². The number of nitrogens with zero attached hydrogens (tertiary/aromatic N) is 2. The van der Waals surface area contributed by atoms with Crippen molar-refractivity contribution in [3.63, 3.8) is 0 Å². The Kier molecular flexibility index (Phi) is 3.09. The smallest absolute Gasteiger partial charge is 0.0948 e. The predicted octanol–water partition coefficient (Wildman–Crippen LogP) is 1.57. The zero-order chi connectivity index (χ0) is 9.90. The van der Waals surface area contributed by atoms with Crippen molar-refractivity contribution in [3.05, 3.63) is 18.2 Å². The van der Waals surface area contributed by atoms with Gasteiger partial charge in [0.05, 0.1) is 6.33 Å². The maximum absolute atomic E-state index is 5.94. The minimum Gasteiger partial charge on any atom is -0.333 e. The van der Waals surface area contributed by atoms with Crippen LogP contribution in [0.2, 0.25) is 0 Å². The number of rotatable bonds is 4. The first-order valence-corrected chi connectivity index (χ1v) is 4.81. The molecule has 74 valence electrons. The molecule has 0 spiro atoms. The molecule has 0 bridgehead atoms. The lowest BCUT2D eigenvalue weighted by Crippen LogP contribution is -2.37. The van der Waals surface area contributed by atoms with Gasteiger partial charge in [0.25, 0.3) is 0 Å². The van der Waals surface area contributed by atoms with Crippen LogP contribution in [0.25, 0.3) is 0 Å². The summed E-state index contributed by atoms with van der Waals surface area (Å²) in [4.78, 5) is 4.13. The molecule has 0 amide bonds. The van der Waals surface area contributed by atoms with Crippen LogP contribution in [0.1, 0.15) is 32.9 Å². The SMILES string of the molecule is CCCc1cncn1CC(C)(C)N. The summed E-state index contributed by atoms with van der Waals surface area (Å²) in [5, 5.41) is 0. The molecule has 1 aromatic rings. The summed E-state index contributed by atoms with van der Waals surface area (Å²) < 4.78 is 2.14. The third-order valence-corrected chi connectivity index (χ3v) is 1.88. The normalized spacial score (nSPS) is 12.0. The minimum absolute atomic E-state index is 0.164. The van der Waals surface area contributed by atoms with Gasteiger partial charge >= 0.3 is 0 Å². The summed E-state index contributed by atoms with van der Waals surface area (Å²) in [6, 6.07) is 0. The van der Waals surface area contributed by atoms with Crippen LogP contribution in [0, 0.1) is 0 Å². The van der Waals surface area contributed by atoms with E-state index in [0.717, 1.165) is 19.4 Å². The number of aromatic nitrogens is 2. The highest BCUT2D eigenvalue weighted by Crippen LogP contribution is 2.08. The number of hydrogen-bond donors (Lipinski definition) is 1. The van der Waals surface area contributed by atoms with E-state index in [1.165, 1.54) is 5.69 Å². The van der Waals surface area contributed by atoms with Crippen LogP contribution in [0.15, 0.2) is 12.5 Å². The Morgan fingerprint density at radius 3 is 2.77 bits per heavy atom. The van der Waals surface area contributed by atoms with Crippen molar-refractivity contribution < 1.29 is 0 Å². The lowest BCUT2D eigenvalue weighted by atomic mass is 10.1. The van der Waals surface area contributed by atoms with Gasteiger partial charge in [-0.15, -0.1) is 0 Å². The van der Waals surface area contributed by atoms with Gasteiger partial charge in [0.1, 0.15) is 0 Å². The monoisotopic (exact) mass is 181 g/mol. The summed E-state index contributed by atoms with van der Waals surface area (Å²) in [5.41, 5.74) is 7.06. The molecule has 0 aliphatic rings. The molecule has 0 radical (unpaired) electrons. The topological polar surface area (TPSA) is 43.8 Å². The lowest BCUT2D eigenvalue weighted by molar-refractivity contribution is 0.425. The van der Waals surface area contributed by atoms with Crippen LogP contribution < -0.4 is 5.73 Å². The molecule has 1 aromatic heterocycles. The summed E-state index contributed by atoms with van der Waals surface area (Å²) in [6.45, 7) is 7.07. The molecule has 0 unspecified atom stereocenters. The molecule has 0 aliphatic carbocycles. The van der Waals surface area contributed by atoms with Crippen LogP contribution in [0.5, 0.6) is 0 Å². The van der Waals surface area contributed by atoms with Crippen LogP contribution in [0.4, 0.5) is 0 Å². The highest BCUT2D eigenvalue weighted by atomic mass is 15.1. The van der Waals surface area contributed by atoms with Crippen LogP contribution in [0.3, 0.4) is 0 Å². The maximum atomic E-state index is 5.94. The first-order chi connectivity index (χ1) is 6.03. The third kappa shape index (κ3) is 3.19. The fourth-order valence-electron chi connectivity index (χ4n) is 1.39. The largest absolute Gasteiger partial charge is 0.333 e. The van der Waals surface area contributed by atoms with Crippen molar-refractivity contribution in [1.82, 2.24) is 9.55 Å². The zero-order valence-corrected chi connectivity index (χ0v) is 8.75. The van der Waals surface area contributed by atoms with Gasteiger partial charge in [0.15, 0.2) is 0 Å². The fraction of sp³-hybridized carbons (Fsp3) is 0.700. The number of hydrogen-bond acceptors (Lipinski definition) is 2. The molecule has 3 nitrogen and oxygen atoms in total. The van der Waals surface area contributed by atoms with Crippen molar-refractivity contribution in [1.29, 1.82) is 0 Å². The maximum Gasteiger partial charge on any atom is 0.0948 e. The van der Waals surface area contributed by atoms with Gasteiger partial charge in [-0.05, 0) is 20.3 Å². The van der Waals surface area contributed by atoms with Gasteiger partial charge in [0.2, 0.25) is 0 Å². The van der Waals surface area contributed by atoms with E-state index in [2.05, 4.69) is 16.5 Å². The predicted molar refractivity (Wildman–Crippen MR) is 54.5 cm³/mol. The molecule has 1 heterocycles. The molecule has 1 rings (SSSR count). The van der Waals surface area contributed by atoms with Crippen LogP contribution in [-0.4, -0.2) is 15.1 Å². The molecule has 2 N–H and O–H groups in total. The van der Waals surface area contributed by atoms with Gasteiger partial charge in [0, 0.05) is 24.0 Å². The third-order valence-electron chi connectivity index (χ3n) is 1.88. The minimum atomic E-state index is -0.164. The van der Waals surface area contributed by atoms with Gasteiger partial charge in [-0.3, -0.25) is 0 Å². The quantitative estimate of drug-likeness (QED) is 0.766. The number of aryl methyl sites for hydroxylation is 1. The summed E-state index contributed by atoms with van der Waals surface area (Å²) >= 11 is 0. The van der Waals surface area contributed by atoms with Gasteiger partial charge in [-0.25, -0.2) is 4.98 Å². The molecule has 0 saturated heterocycles. The number of nitrogens with two attached hydrogens (primary N) is 1. The van der Waals surface area contributed by atoms with Crippen LogP contribution >= 0.6 is 0 Å². The molecular formula is C10H19N3. The van der Waals surface area contributed by atoms with E-state index >= 15 is 0 Å². The van der Waals surface area contributed by atoms with Gasteiger partial charge in [-0.2, -0.15) is 0 Å². The van der Waals surface area contributed by atoms with Crippen molar-refractivity contribution in [2.24, 2.45) is 5.73 Å². The molecular weight excluding hydrogens is 162 g/mol. The summed E-state index contributed by atoms with van der Waals surface area (Å²) in [7, 11) is 0. The van der Waals surface area contributed by atoms with Gasteiger partial charge in [-0.1, -0.05) is 13.3 Å². The second-order valence-electron chi connectivity index (χ2n) is 4.25. The van der Waals surface area contributed by atoms with E-state index < -0.39 is 0 Å². The van der Waals surface area contributed by atoms with E-state index in [1.54, 1.807) is 0 Å². The second kappa shape index (κ2) is 3.92. The average Bonchev–Trinajstić information content (AvgIpc) is 2.34. The van der Waals surface area contributed by atoms with E-state index in [0.29, 0.717) is 0 Å². The zero-order valence-electron chi connectivity index (χ0n) is 8.75. The Hall–Kier alpha value is -0.830. The molecule has 0 aromatic carbocycles. The van der Waals surface area contributed by atoms with E-state index in [4.69, 9.17) is 5.73 Å². The molecule has 0 aliphatic heterocycles. The van der Waals surface area contributed by atoms with E-state index in [1.807, 2.05) is 26.4 Å². The Morgan fingerprint density at radius 2 is 2.23 bits per heavy atom. The highest BCUT2D eigenvalue weighted by molar-refractivity contribution is 4.99. The number of imidazole rings is 1. The average molecular weight is 181 g/mol. The first-order valence-electron chi connectivity index (χ1n) is 4.81. The highest BCUT2D eigenvalue weighted by Gasteiger charge is 2.12. The van der Waals surface area contributed by atoms with Crippen molar-refractivity contribution in [2.75, 3.05) is 0 Å². The molecule has 3 heteroatoms. The van der Waals surface area contributed by atoms with Crippen LogP contribution in [-0.2, 0) is 13.0 Å². The molecule has 0 atom stereocenters. The Balaban J connectivity index is 2.70. The standard InChI is InChI=1S/C10H19N3/c1-4-5-9-6-12-8-13(9)7-10(2,3)11/h6,8H,4-5,7,11H2,1-3H3. The van der Waals surface area contributed by atoms with E-state index in [-0.39, 0.29) is 5.54 Å². The first kappa shape index (κ1) is 10.3. The van der Waals surface area contributed by atoms with Crippen molar-refractivity contribution in [3.8, 4) is 0 Å². The summed E-state index contributed by atoms with van der Waals surface area (Å²) in [5.74, 6) is 0. The molecule has 0 saturated carbocycles. The van der Waals surface area contributed by atoms with Gasteiger partial charge < -0.3 is 10.3 Å². The molecule has 0 fully saturated rings. The van der Waals surface area contributed by atoms with Crippen molar-refractivity contribution >= 4 is 0 Å². The summed E-state index contributed by atoms with van der Waals surface area (Å²) in [6.07, 6.45) is 6.02. The molecule has 13 heavy (non-hydrogen) atoms. The Bertz CT molecular complexity index is 257. The Labute approximate surface area is 80.0 Å².